The van der Waals surface area contributed by atoms with Crippen molar-refractivity contribution in [3.05, 3.63) is 59.7 Å². The van der Waals surface area contributed by atoms with E-state index in [-0.39, 0.29) is 5.90 Å². The normalized spacial score (nSPS) is 14.8. The molecule has 0 saturated carbocycles. The molecule has 2 aliphatic rings. The maximum Gasteiger partial charge on any atom is 0.0639 e. The highest BCUT2D eigenvalue weighted by Gasteiger charge is 2.22. The highest BCUT2D eigenvalue weighted by molar-refractivity contribution is 7.99. The van der Waals surface area contributed by atoms with Gasteiger partial charge in [0.2, 0.25) is 0 Å². The van der Waals surface area contributed by atoms with Gasteiger partial charge in [0.25, 0.3) is 0 Å². The second-order valence-electron chi connectivity index (χ2n) is 5.35. The van der Waals surface area contributed by atoms with Gasteiger partial charge in [-0.25, -0.2) is 0 Å². The molecule has 0 aliphatic carbocycles. The van der Waals surface area contributed by atoms with Crippen LogP contribution in [0.25, 0.3) is 21.9 Å². The third-order valence-corrected chi connectivity index (χ3v) is 5.37. The highest BCUT2D eigenvalue weighted by Crippen LogP contribution is 2.49. The average molecular weight is 288 g/mol. The lowest BCUT2D eigenvalue weighted by molar-refractivity contribution is -0.213. The number of rotatable bonds is 0. The molecule has 2 nitrogen and oxygen atoms in total. The molecule has 0 fully saturated rings. The Hall–Kier alpha value is -2.26. The molecule has 3 aromatic rings. The SMILES string of the molecule is [O-]C1=NCc2ccc3c4c(ccc1c24)Sc1ccccc1-3. The molecular formula is C18H10NOS-. The van der Waals surface area contributed by atoms with Crippen LogP contribution in [0.5, 0.6) is 0 Å². The number of fused-ring (bicyclic) bond motifs is 2. The minimum Gasteiger partial charge on any atom is -0.858 e. The van der Waals surface area contributed by atoms with Gasteiger partial charge in [0.15, 0.2) is 0 Å². The second-order valence-corrected chi connectivity index (χ2v) is 6.44. The van der Waals surface area contributed by atoms with Crippen LogP contribution in [0.3, 0.4) is 0 Å². The molecular weight excluding hydrogens is 278 g/mol. The fraction of sp³-hybridized carbons (Fsp3) is 0.0556. The Morgan fingerprint density at radius 3 is 2.62 bits per heavy atom. The van der Waals surface area contributed by atoms with Crippen LogP contribution in [0.15, 0.2) is 63.3 Å². The van der Waals surface area contributed by atoms with Crippen molar-refractivity contribution in [3.8, 4) is 11.1 Å². The van der Waals surface area contributed by atoms with E-state index in [9.17, 15) is 5.11 Å². The van der Waals surface area contributed by atoms with Gasteiger partial charge in [0.1, 0.15) is 0 Å². The molecule has 21 heavy (non-hydrogen) atoms. The van der Waals surface area contributed by atoms with E-state index in [1.54, 1.807) is 11.8 Å². The number of benzene rings is 3. The number of hydrogen-bond acceptors (Lipinski definition) is 3. The molecule has 0 atom stereocenters. The summed E-state index contributed by atoms with van der Waals surface area (Å²) >= 11 is 1.79. The Morgan fingerprint density at radius 1 is 0.810 bits per heavy atom. The van der Waals surface area contributed by atoms with Crippen molar-refractivity contribution >= 4 is 28.4 Å². The first-order chi connectivity index (χ1) is 10.3. The van der Waals surface area contributed by atoms with Crippen LogP contribution in [0, 0.1) is 0 Å². The molecule has 0 radical (unpaired) electrons. The van der Waals surface area contributed by atoms with E-state index >= 15 is 0 Å². The van der Waals surface area contributed by atoms with Gasteiger partial charge in [-0.2, -0.15) is 0 Å². The molecule has 0 unspecified atom stereocenters. The molecule has 3 heteroatoms. The van der Waals surface area contributed by atoms with E-state index < -0.39 is 0 Å². The summed E-state index contributed by atoms with van der Waals surface area (Å²) in [4.78, 5) is 6.61. The Labute approximate surface area is 126 Å². The van der Waals surface area contributed by atoms with Crippen molar-refractivity contribution in [1.29, 1.82) is 0 Å². The second kappa shape index (κ2) is 3.89. The third-order valence-electron chi connectivity index (χ3n) is 4.23. The molecule has 3 aromatic carbocycles. The maximum absolute atomic E-state index is 12.1. The van der Waals surface area contributed by atoms with Crippen molar-refractivity contribution < 1.29 is 5.11 Å². The van der Waals surface area contributed by atoms with Crippen molar-refractivity contribution in [2.24, 2.45) is 4.99 Å². The largest absolute Gasteiger partial charge is 0.858 e. The van der Waals surface area contributed by atoms with E-state index in [1.165, 1.54) is 26.3 Å². The number of aliphatic imine (C=N–C) groups is 1. The summed E-state index contributed by atoms with van der Waals surface area (Å²) in [6, 6.07) is 16.7. The van der Waals surface area contributed by atoms with Crippen LogP contribution < -0.4 is 5.11 Å². The van der Waals surface area contributed by atoms with Crippen LogP contribution in [-0.4, -0.2) is 5.90 Å². The molecule has 5 rings (SSSR count). The van der Waals surface area contributed by atoms with Crippen molar-refractivity contribution in [2.45, 2.75) is 16.3 Å². The predicted molar refractivity (Wildman–Crippen MR) is 83.7 cm³/mol. The van der Waals surface area contributed by atoms with E-state index in [2.05, 4.69) is 47.5 Å². The number of hydrogen-bond donors (Lipinski definition) is 0. The van der Waals surface area contributed by atoms with Gasteiger partial charge >= 0.3 is 0 Å². The van der Waals surface area contributed by atoms with Gasteiger partial charge in [-0.05, 0) is 45.7 Å². The third kappa shape index (κ3) is 1.41. The van der Waals surface area contributed by atoms with Crippen LogP contribution in [0.4, 0.5) is 0 Å². The highest BCUT2D eigenvalue weighted by atomic mass is 32.2. The maximum atomic E-state index is 12.1. The molecule has 0 bridgehead atoms. The molecule has 100 valence electrons. The van der Waals surface area contributed by atoms with Gasteiger partial charge in [0, 0.05) is 15.2 Å². The fourth-order valence-electron chi connectivity index (χ4n) is 3.29. The first-order valence-electron chi connectivity index (χ1n) is 6.90. The van der Waals surface area contributed by atoms with Crippen molar-refractivity contribution in [1.82, 2.24) is 0 Å². The summed E-state index contributed by atoms with van der Waals surface area (Å²) in [7, 11) is 0. The molecule has 0 N–H and O–H groups in total. The van der Waals surface area contributed by atoms with Crippen molar-refractivity contribution in [3.63, 3.8) is 0 Å². The Balaban J connectivity index is 1.99. The van der Waals surface area contributed by atoms with Crippen molar-refractivity contribution in [2.75, 3.05) is 0 Å². The quantitative estimate of drug-likeness (QED) is 0.495. The van der Waals surface area contributed by atoms with Crippen LogP contribution in [0.2, 0.25) is 0 Å². The van der Waals surface area contributed by atoms with E-state index in [0.717, 1.165) is 16.5 Å². The smallest absolute Gasteiger partial charge is 0.0639 e. The summed E-state index contributed by atoms with van der Waals surface area (Å²) in [5.41, 5.74) is 4.39. The molecule has 2 aliphatic heterocycles. The lowest BCUT2D eigenvalue weighted by Crippen LogP contribution is -2.22. The van der Waals surface area contributed by atoms with E-state index in [1.807, 2.05) is 6.07 Å². The monoisotopic (exact) mass is 288 g/mol. The predicted octanol–water partition coefficient (Wildman–Crippen LogP) is 3.59. The van der Waals surface area contributed by atoms with Crippen LogP contribution in [0.1, 0.15) is 11.1 Å². The number of nitrogens with zero attached hydrogens (tertiary/aromatic N) is 1. The zero-order valence-electron chi connectivity index (χ0n) is 11.1. The minimum atomic E-state index is -0.0879. The fourth-order valence-corrected chi connectivity index (χ4v) is 4.41. The van der Waals surface area contributed by atoms with Crippen LogP contribution in [-0.2, 0) is 6.54 Å². The summed E-state index contributed by atoms with van der Waals surface area (Å²) in [5, 5.41) is 14.4. The Kier molecular flexibility index (Phi) is 2.11. The molecule has 2 heterocycles. The van der Waals surface area contributed by atoms with E-state index in [4.69, 9.17) is 0 Å². The topological polar surface area (TPSA) is 35.4 Å². The summed E-state index contributed by atoms with van der Waals surface area (Å²) in [6.45, 7) is 0.498. The molecule has 0 saturated heterocycles. The lowest BCUT2D eigenvalue weighted by atomic mass is 9.90. The standard InChI is InChI=1S/C18H11NOS/c20-18-13-7-8-15-17-12(6-5-10(9-19-18)16(13)17)11-3-1-2-4-14(11)21-15/h1-8H,9H2,(H,19,20)/p-1. The van der Waals surface area contributed by atoms with Crippen LogP contribution >= 0.6 is 11.8 Å². The van der Waals surface area contributed by atoms with E-state index in [0.29, 0.717) is 6.54 Å². The molecule has 0 spiro atoms. The molecule has 0 aromatic heterocycles. The lowest BCUT2D eigenvalue weighted by Gasteiger charge is -2.26. The van der Waals surface area contributed by atoms with Gasteiger partial charge in [-0.1, -0.05) is 48.2 Å². The molecule has 0 amide bonds. The first-order valence-corrected chi connectivity index (χ1v) is 7.72. The van der Waals surface area contributed by atoms with Gasteiger partial charge in [-0.3, -0.25) is 4.99 Å². The Bertz CT molecular complexity index is 959. The average Bonchev–Trinajstić information content (AvgIpc) is 2.53. The Morgan fingerprint density at radius 2 is 1.67 bits per heavy atom. The van der Waals surface area contributed by atoms with Gasteiger partial charge in [0.05, 0.1) is 6.54 Å². The van der Waals surface area contributed by atoms with Gasteiger partial charge in [-0.15, -0.1) is 0 Å². The first kappa shape index (κ1) is 11.4. The zero-order valence-corrected chi connectivity index (χ0v) is 11.9. The zero-order chi connectivity index (χ0) is 14.0. The summed E-state index contributed by atoms with van der Waals surface area (Å²) in [6.07, 6.45) is 0. The van der Waals surface area contributed by atoms with Gasteiger partial charge < -0.3 is 5.11 Å². The minimum absolute atomic E-state index is 0.0879. The summed E-state index contributed by atoms with van der Waals surface area (Å²) < 4.78 is 0. The summed E-state index contributed by atoms with van der Waals surface area (Å²) in [5.74, 6) is -0.0879.